The molecule has 0 aromatic rings. The van der Waals surface area contributed by atoms with Crippen molar-refractivity contribution in [1.29, 1.82) is 0 Å². The average molecular weight is 238 g/mol. The first-order valence-corrected chi connectivity index (χ1v) is 5.82. The Hall–Kier alpha value is -1.52. The van der Waals surface area contributed by atoms with Crippen molar-refractivity contribution in [3.63, 3.8) is 0 Å². The predicted molar refractivity (Wildman–Crippen MR) is 56.2 cm³/mol. The van der Waals surface area contributed by atoms with Crippen LogP contribution in [0.4, 0.5) is 0 Å². The maximum Gasteiger partial charge on any atom is 0.307 e. The van der Waals surface area contributed by atoms with Crippen LogP contribution < -0.4 is 0 Å². The minimum atomic E-state index is -1.17. The van der Waals surface area contributed by atoms with Gasteiger partial charge in [-0.1, -0.05) is 6.42 Å². The first-order valence-electron chi connectivity index (χ1n) is 5.82. The number of carbonyl (C=O) groups is 4. The van der Waals surface area contributed by atoms with E-state index in [-0.39, 0.29) is 24.5 Å². The third kappa shape index (κ3) is 2.14. The summed E-state index contributed by atoms with van der Waals surface area (Å²) in [6.45, 7) is 0. The molecule has 92 valence electrons. The summed E-state index contributed by atoms with van der Waals surface area (Å²) in [6, 6.07) is 0. The Morgan fingerprint density at radius 2 is 1.53 bits per heavy atom. The van der Waals surface area contributed by atoms with Crippen LogP contribution in [0.15, 0.2) is 0 Å². The molecule has 0 aliphatic heterocycles. The van der Waals surface area contributed by atoms with Gasteiger partial charge in [0, 0.05) is 18.8 Å². The van der Waals surface area contributed by atoms with Crippen molar-refractivity contribution < 1.29 is 24.3 Å². The molecule has 5 nitrogen and oxygen atoms in total. The molecule has 2 saturated carbocycles. The van der Waals surface area contributed by atoms with E-state index in [1.807, 2.05) is 0 Å². The van der Waals surface area contributed by atoms with Crippen LogP contribution in [0.1, 0.15) is 32.1 Å². The van der Waals surface area contributed by atoms with Gasteiger partial charge in [-0.15, -0.1) is 0 Å². The zero-order valence-corrected chi connectivity index (χ0v) is 9.35. The van der Waals surface area contributed by atoms with Gasteiger partial charge in [0.25, 0.3) is 0 Å². The lowest BCUT2D eigenvalue weighted by Gasteiger charge is -2.30. The summed E-state index contributed by atoms with van der Waals surface area (Å²) in [6.07, 6.45) is 2.08. The molecule has 0 bridgehead atoms. The molecule has 1 N–H and O–H groups in total. The molecule has 2 fully saturated rings. The quantitative estimate of drug-likeness (QED) is 0.727. The maximum atomic E-state index is 11.9. The Morgan fingerprint density at radius 3 is 1.88 bits per heavy atom. The van der Waals surface area contributed by atoms with Crippen LogP contribution in [0.2, 0.25) is 0 Å². The molecule has 0 radical (unpaired) electrons. The zero-order valence-electron chi connectivity index (χ0n) is 9.35. The highest BCUT2D eigenvalue weighted by Gasteiger charge is 2.45. The highest BCUT2D eigenvalue weighted by Crippen LogP contribution is 2.33. The summed E-state index contributed by atoms with van der Waals surface area (Å²) in [5, 5.41) is 8.78. The van der Waals surface area contributed by atoms with Crippen molar-refractivity contribution >= 4 is 23.3 Å². The number of carbonyl (C=O) groups excluding carboxylic acids is 3. The lowest BCUT2D eigenvalue weighted by Crippen LogP contribution is -2.44. The lowest BCUT2D eigenvalue weighted by atomic mass is 9.71. The van der Waals surface area contributed by atoms with Gasteiger partial charge < -0.3 is 5.11 Å². The molecule has 0 amide bonds. The molecule has 17 heavy (non-hydrogen) atoms. The summed E-state index contributed by atoms with van der Waals surface area (Å²) >= 11 is 0. The van der Waals surface area contributed by atoms with Crippen molar-refractivity contribution in [2.24, 2.45) is 17.8 Å². The predicted octanol–water partition coefficient (Wildman–Crippen LogP) is 0.605. The van der Waals surface area contributed by atoms with Gasteiger partial charge in [0.2, 0.25) is 0 Å². The van der Waals surface area contributed by atoms with E-state index in [0.29, 0.717) is 0 Å². The van der Waals surface area contributed by atoms with Gasteiger partial charge in [-0.25, -0.2) is 0 Å². The molecule has 0 aromatic carbocycles. The summed E-state index contributed by atoms with van der Waals surface area (Å²) in [5.41, 5.74) is 0. The van der Waals surface area contributed by atoms with Crippen molar-refractivity contribution in [2.45, 2.75) is 32.1 Å². The van der Waals surface area contributed by atoms with Crippen molar-refractivity contribution in [1.82, 2.24) is 0 Å². The summed E-state index contributed by atoms with van der Waals surface area (Å²) < 4.78 is 0. The minimum absolute atomic E-state index is 0.158. The molecule has 0 unspecified atom stereocenters. The van der Waals surface area contributed by atoms with Crippen LogP contribution in [-0.4, -0.2) is 28.4 Å². The number of ketones is 3. The third-order valence-electron chi connectivity index (χ3n) is 3.68. The zero-order chi connectivity index (χ0) is 12.6. The monoisotopic (exact) mass is 238 g/mol. The second-order valence-corrected chi connectivity index (χ2v) is 4.84. The van der Waals surface area contributed by atoms with E-state index in [0.717, 1.165) is 19.3 Å². The highest BCUT2D eigenvalue weighted by atomic mass is 16.4. The number of Topliss-reactive ketones (excluding diaryl/α,β-unsaturated/α-hetero) is 3. The van der Waals surface area contributed by atoms with E-state index in [1.54, 1.807) is 0 Å². The van der Waals surface area contributed by atoms with Crippen LogP contribution >= 0.6 is 0 Å². The van der Waals surface area contributed by atoms with Gasteiger partial charge in [0.15, 0.2) is 17.3 Å². The molecular formula is C12H14O5. The fourth-order valence-electron chi connectivity index (χ4n) is 2.39. The molecule has 0 spiro atoms. The van der Waals surface area contributed by atoms with Crippen molar-refractivity contribution in [3.8, 4) is 0 Å². The Morgan fingerprint density at radius 1 is 1.00 bits per heavy atom. The Bertz CT molecular complexity index is 376. The van der Waals surface area contributed by atoms with Gasteiger partial charge in [0.1, 0.15) is 5.92 Å². The van der Waals surface area contributed by atoms with Crippen LogP contribution in [-0.2, 0) is 19.2 Å². The number of hydrogen-bond donors (Lipinski definition) is 1. The molecule has 2 rings (SSSR count). The van der Waals surface area contributed by atoms with Crippen molar-refractivity contribution in [3.05, 3.63) is 0 Å². The molecule has 0 heterocycles. The SMILES string of the molecule is O=C(O)C1CC(=O)C(C(=O)C2CCC2)C(=O)C1. The van der Waals surface area contributed by atoms with Gasteiger partial charge in [-0.05, 0) is 12.8 Å². The topological polar surface area (TPSA) is 88.5 Å². The molecule has 5 heteroatoms. The summed E-state index contributed by atoms with van der Waals surface area (Å²) in [7, 11) is 0. The lowest BCUT2D eigenvalue weighted by molar-refractivity contribution is -0.154. The molecule has 0 aromatic heterocycles. The second-order valence-electron chi connectivity index (χ2n) is 4.84. The first-order chi connectivity index (χ1) is 8.00. The van der Waals surface area contributed by atoms with Crippen LogP contribution in [0.5, 0.6) is 0 Å². The van der Waals surface area contributed by atoms with E-state index in [4.69, 9.17) is 5.11 Å². The van der Waals surface area contributed by atoms with E-state index in [9.17, 15) is 19.2 Å². The largest absolute Gasteiger partial charge is 0.481 e. The third-order valence-corrected chi connectivity index (χ3v) is 3.68. The number of aliphatic carboxylic acids is 1. The van der Waals surface area contributed by atoms with Gasteiger partial charge in [-0.3, -0.25) is 19.2 Å². The van der Waals surface area contributed by atoms with E-state index in [2.05, 4.69) is 0 Å². The van der Waals surface area contributed by atoms with Crippen LogP contribution in [0.25, 0.3) is 0 Å². The number of carboxylic acid groups (broad SMARTS) is 1. The molecule has 2 aliphatic rings. The molecule has 2 aliphatic carbocycles. The first kappa shape index (κ1) is 12.0. The molecular weight excluding hydrogens is 224 g/mol. The Kier molecular flexibility index (Phi) is 3.09. The molecule has 0 atom stereocenters. The fraction of sp³-hybridized carbons (Fsp3) is 0.667. The van der Waals surface area contributed by atoms with Crippen LogP contribution in [0.3, 0.4) is 0 Å². The van der Waals surface area contributed by atoms with Gasteiger partial charge >= 0.3 is 5.97 Å². The Balaban J connectivity index is 2.09. The maximum absolute atomic E-state index is 11.9. The Labute approximate surface area is 98.2 Å². The average Bonchev–Trinajstić information content (AvgIpc) is 2.13. The summed E-state index contributed by atoms with van der Waals surface area (Å²) in [5.74, 6) is -4.71. The highest BCUT2D eigenvalue weighted by molar-refractivity contribution is 6.22. The van der Waals surface area contributed by atoms with E-state index < -0.39 is 29.4 Å². The van der Waals surface area contributed by atoms with E-state index >= 15 is 0 Å². The van der Waals surface area contributed by atoms with Crippen molar-refractivity contribution in [2.75, 3.05) is 0 Å². The van der Waals surface area contributed by atoms with Crippen LogP contribution in [0, 0.1) is 17.8 Å². The molecule has 0 saturated heterocycles. The number of carboxylic acids is 1. The smallest absolute Gasteiger partial charge is 0.307 e. The van der Waals surface area contributed by atoms with Gasteiger partial charge in [0.05, 0.1) is 5.92 Å². The fourth-order valence-corrected chi connectivity index (χ4v) is 2.39. The number of rotatable bonds is 3. The standard InChI is InChI=1S/C12H14O5/c13-8-4-7(12(16)17)5-9(14)10(8)11(15)6-2-1-3-6/h6-7,10H,1-5H2,(H,16,17). The summed E-state index contributed by atoms with van der Waals surface area (Å²) in [4.78, 5) is 46.0. The van der Waals surface area contributed by atoms with Gasteiger partial charge in [-0.2, -0.15) is 0 Å². The minimum Gasteiger partial charge on any atom is -0.481 e. The normalized spacial score (nSPS) is 29.9. The van der Waals surface area contributed by atoms with E-state index in [1.165, 1.54) is 0 Å². The second kappa shape index (κ2) is 4.39. The number of hydrogen-bond acceptors (Lipinski definition) is 4.